The first-order valence-corrected chi connectivity index (χ1v) is 15.3. The molecular weight excluding hydrogens is 682 g/mol. The van der Waals surface area contributed by atoms with Crippen LogP contribution in [0.25, 0.3) is 0 Å². The number of allylic oxidation sites excluding steroid dienone is 1. The fourth-order valence-electron chi connectivity index (χ4n) is 4.43. The van der Waals surface area contributed by atoms with Crippen molar-refractivity contribution in [3.05, 3.63) is 96.6 Å². The van der Waals surface area contributed by atoms with Gasteiger partial charge in [0.2, 0.25) is 0 Å². The Labute approximate surface area is 285 Å². The molecule has 0 aromatic heterocycles. The van der Waals surface area contributed by atoms with E-state index in [4.69, 9.17) is 65.4 Å². The van der Waals surface area contributed by atoms with Crippen molar-refractivity contribution < 1.29 is 33.6 Å². The molecule has 1 aliphatic rings. The van der Waals surface area contributed by atoms with Gasteiger partial charge >= 0.3 is 12.0 Å². The summed E-state index contributed by atoms with van der Waals surface area (Å²) in [6.07, 6.45) is 0.161. The van der Waals surface area contributed by atoms with Gasteiger partial charge in [-0.05, 0) is 61.4 Å². The maximum absolute atomic E-state index is 12.5. The average molecular weight is 712 g/mol. The summed E-state index contributed by atoms with van der Waals surface area (Å²) < 4.78 is 22.4. The summed E-state index contributed by atoms with van der Waals surface area (Å²) in [6, 6.07) is 12.0. The largest absolute Gasteiger partial charge is 0.490 e. The molecule has 2 amide bonds. The van der Waals surface area contributed by atoms with Gasteiger partial charge in [0.25, 0.3) is 0 Å². The van der Waals surface area contributed by atoms with Gasteiger partial charge in [-0.2, -0.15) is 5.10 Å². The van der Waals surface area contributed by atoms with E-state index < -0.39 is 24.3 Å². The summed E-state index contributed by atoms with van der Waals surface area (Å²) in [6.45, 7) is 3.64. The van der Waals surface area contributed by atoms with Crippen molar-refractivity contribution in [1.82, 2.24) is 16.1 Å². The maximum atomic E-state index is 12.5. The SMILES string of the molecule is CCOc1cc([C@@H]2NC(=O)NC(C)=C2C(=O)OC)ccc1OC[C@@H](O)N/N=C/c1cc(Cl)cc(Cl)c1OCc1ccc(Cl)c(Cl)c1. The Bertz CT molecular complexity index is 1670. The Morgan fingerprint density at radius 1 is 1.02 bits per heavy atom. The minimum Gasteiger partial charge on any atom is -0.490 e. The molecule has 0 saturated carbocycles. The van der Waals surface area contributed by atoms with Gasteiger partial charge < -0.3 is 34.7 Å². The van der Waals surface area contributed by atoms with Gasteiger partial charge in [0.1, 0.15) is 19.0 Å². The molecule has 4 N–H and O–H groups in total. The van der Waals surface area contributed by atoms with Gasteiger partial charge in [-0.1, -0.05) is 58.5 Å². The van der Waals surface area contributed by atoms with Crippen molar-refractivity contribution in [3.63, 3.8) is 0 Å². The zero-order valence-electron chi connectivity index (χ0n) is 24.8. The van der Waals surface area contributed by atoms with E-state index in [9.17, 15) is 14.7 Å². The number of esters is 1. The van der Waals surface area contributed by atoms with Crippen molar-refractivity contribution >= 4 is 64.6 Å². The zero-order valence-corrected chi connectivity index (χ0v) is 27.9. The average Bonchev–Trinajstić information content (AvgIpc) is 3.01. The van der Waals surface area contributed by atoms with Crippen LogP contribution >= 0.6 is 46.4 Å². The number of benzene rings is 3. The Morgan fingerprint density at radius 2 is 1.80 bits per heavy atom. The molecule has 3 aromatic carbocycles. The molecule has 11 nitrogen and oxygen atoms in total. The standard InChI is InChI=1S/C31H30Cl4N4O7/c1-4-44-25-11-18(28-27(30(41)43-3)16(2)37-31(42)38-28)6-8-24(25)45-15-26(40)39-36-13-19-10-20(32)12-23(35)29(19)46-14-17-5-7-21(33)22(34)9-17/h5-13,26,28,39-40H,4,14-15H2,1-3H3,(H2,37,38,42)/b36-13+/t26-,28+/m1/s1. The minimum atomic E-state index is -1.24. The van der Waals surface area contributed by atoms with Gasteiger partial charge in [0.05, 0.1) is 46.6 Å². The molecule has 0 aliphatic carbocycles. The quantitative estimate of drug-likeness (QED) is 0.0692. The number of carbonyl (C=O) groups excluding carboxylic acids is 2. The van der Waals surface area contributed by atoms with Crippen molar-refractivity contribution in [2.45, 2.75) is 32.7 Å². The van der Waals surface area contributed by atoms with Crippen LogP contribution in [0.5, 0.6) is 17.2 Å². The van der Waals surface area contributed by atoms with Gasteiger partial charge in [-0.25, -0.2) is 9.59 Å². The monoisotopic (exact) mass is 710 g/mol. The van der Waals surface area contributed by atoms with E-state index in [1.54, 1.807) is 56.3 Å². The molecule has 0 radical (unpaired) electrons. The first kappa shape index (κ1) is 35.0. The van der Waals surface area contributed by atoms with Crippen LogP contribution < -0.4 is 30.3 Å². The van der Waals surface area contributed by atoms with E-state index in [1.807, 2.05) is 0 Å². The Kier molecular flexibility index (Phi) is 12.3. The molecule has 0 fully saturated rings. The highest BCUT2D eigenvalue weighted by molar-refractivity contribution is 6.42. The number of urea groups is 1. The van der Waals surface area contributed by atoms with Crippen molar-refractivity contribution in [1.29, 1.82) is 0 Å². The number of aliphatic hydroxyl groups excluding tert-OH is 1. The van der Waals surface area contributed by atoms with E-state index in [-0.39, 0.29) is 23.8 Å². The Balaban J connectivity index is 1.43. The molecule has 0 unspecified atom stereocenters. The molecule has 1 heterocycles. The molecular formula is C31H30Cl4N4O7. The minimum absolute atomic E-state index is 0.147. The second-order valence-electron chi connectivity index (χ2n) is 9.76. The fourth-order valence-corrected chi connectivity index (χ4v) is 5.31. The predicted molar refractivity (Wildman–Crippen MR) is 176 cm³/mol. The molecule has 0 bridgehead atoms. The lowest BCUT2D eigenvalue weighted by molar-refractivity contribution is -0.136. The summed E-state index contributed by atoms with van der Waals surface area (Å²) in [5.74, 6) is 0.381. The van der Waals surface area contributed by atoms with Crippen LogP contribution in [0.4, 0.5) is 4.79 Å². The molecule has 46 heavy (non-hydrogen) atoms. The summed E-state index contributed by atoms with van der Waals surface area (Å²) >= 11 is 24.7. The second-order valence-corrected chi connectivity index (χ2v) is 11.4. The molecule has 0 saturated heterocycles. The number of hydrazone groups is 1. The molecule has 3 aromatic rings. The van der Waals surface area contributed by atoms with Crippen molar-refractivity contribution in [3.8, 4) is 17.2 Å². The number of amides is 2. The first-order chi connectivity index (χ1) is 22.0. The molecule has 244 valence electrons. The third-order valence-corrected chi connectivity index (χ3v) is 7.74. The van der Waals surface area contributed by atoms with Crippen LogP contribution in [-0.2, 0) is 16.1 Å². The molecule has 4 rings (SSSR count). The Hall–Kier alpha value is -3.87. The third kappa shape index (κ3) is 8.89. The number of hydrogen-bond donors (Lipinski definition) is 4. The van der Waals surface area contributed by atoms with Crippen molar-refractivity contribution in [2.24, 2.45) is 5.10 Å². The van der Waals surface area contributed by atoms with E-state index in [0.29, 0.717) is 55.7 Å². The van der Waals surface area contributed by atoms with E-state index in [1.165, 1.54) is 19.4 Å². The van der Waals surface area contributed by atoms with Gasteiger partial charge in [0.15, 0.2) is 17.7 Å². The number of nitrogens with one attached hydrogen (secondary N) is 3. The number of halogens is 4. The van der Waals surface area contributed by atoms with E-state index >= 15 is 0 Å². The van der Waals surface area contributed by atoms with Crippen molar-refractivity contribution in [2.75, 3.05) is 20.3 Å². The molecule has 0 spiro atoms. The summed E-state index contributed by atoms with van der Waals surface area (Å²) in [4.78, 5) is 24.6. The number of nitrogens with zero attached hydrogens (tertiary/aromatic N) is 1. The van der Waals surface area contributed by atoms with Crippen LogP contribution in [0.2, 0.25) is 20.1 Å². The highest BCUT2D eigenvalue weighted by Crippen LogP contribution is 2.35. The third-order valence-electron chi connectivity index (χ3n) is 6.50. The zero-order chi connectivity index (χ0) is 33.4. The topological polar surface area (TPSA) is 140 Å². The number of ether oxygens (including phenoxy) is 4. The molecule has 15 heteroatoms. The highest BCUT2D eigenvalue weighted by Gasteiger charge is 2.32. The number of hydrogen-bond acceptors (Lipinski definition) is 9. The van der Waals surface area contributed by atoms with E-state index in [2.05, 4.69) is 21.2 Å². The smallest absolute Gasteiger partial charge is 0.337 e. The predicted octanol–water partition coefficient (Wildman–Crippen LogP) is 6.40. The van der Waals surface area contributed by atoms with Crippen LogP contribution in [0, 0.1) is 0 Å². The van der Waals surface area contributed by atoms with Gasteiger partial charge in [0, 0.05) is 16.3 Å². The summed E-state index contributed by atoms with van der Waals surface area (Å²) in [5, 5.41) is 21.4. The molecule has 1 aliphatic heterocycles. The van der Waals surface area contributed by atoms with Gasteiger partial charge in [-0.3, -0.25) is 5.43 Å². The number of rotatable bonds is 13. The number of aliphatic hydroxyl groups is 1. The second kappa shape index (κ2) is 16.1. The van der Waals surface area contributed by atoms with E-state index in [0.717, 1.165) is 5.56 Å². The first-order valence-electron chi connectivity index (χ1n) is 13.8. The number of methoxy groups -OCH3 is 1. The summed E-state index contributed by atoms with van der Waals surface area (Å²) in [7, 11) is 1.26. The molecule has 2 atom stereocenters. The summed E-state index contributed by atoms with van der Waals surface area (Å²) in [5.41, 5.74) is 4.98. The van der Waals surface area contributed by atoms with Crippen LogP contribution in [0.3, 0.4) is 0 Å². The lowest BCUT2D eigenvalue weighted by Crippen LogP contribution is -2.45. The lowest BCUT2D eigenvalue weighted by atomic mass is 9.95. The normalized spacial score (nSPS) is 15.2. The van der Waals surface area contributed by atoms with Crippen LogP contribution in [0.15, 0.2) is 64.9 Å². The fraction of sp³-hybridized carbons (Fsp3) is 0.258. The Morgan fingerprint density at radius 3 is 2.52 bits per heavy atom. The maximum Gasteiger partial charge on any atom is 0.337 e. The van der Waals surface area contributed by atoms with Crippen LogP contribution in [0.1, 0.15) is 36.6 Å². The lowest BCUT2D eigenvalue weighted by Gasteiger charge is -2.28. The van der Waals surface area contributed by atoms with Crippen LogP contribution in [-0.4, -0.2) is 49.9 Å². The highest BCUT2D eigenvalue weighted by atomic mass is 35.5. The number of carbonyl (C=O) groups is 2. The van der Waals surface area contributed by atoms with Gasteiger partial charge in [-0.15, -0.1) is 0 Å².